The van der Waals surface area contributed by atoms with Crippen LogP contribution in [0.15, 0.2) is 22.6 Å². The second-order valence-electron chi connectivity index (χ2n) is 4.13. The molecule has 8 nitrogen and oxygen atoms in total. The monoisotopic (exact) mass is 366 g/mol. The predicted octanol–water partition coefficient (Wildman–Crippen LogP) is 1.78. The van der Waals surface area contributed by atoms with Crippen LogP contribution in [0.1, 0.15) is 10.6 Å². The summed E-state index contributed by atoms with van der Waals surface area (Å²) in [5.74, 6) is 1.29. The Morgan fingerprint density at radius 2 is 2.29 bits per heavy atom. The lowest BCUT2D eigenvalue weighted by Crippen LogP contribution is -2.10. The number of halogens is 1. The van der Waals surface area contributed by atoms with Crippen LogP contribution < -0.4 is 11.1 Å². The second kappa shape index (κ2) is 5.74. The number of aromatic nitrogens is 6. The summed E-state index contributed by atoms with van der Waals surface area (Å²) >= 11 is 4.98. The van der Waals surface area contributed by atoms with Crippen molar-refractivity contribution in [2.45, 2.75) is 13.5 Å². The van der Waals surface area contributed by atoms with Crippen LogP contribution in [0.25, 0.3) is 5.95 Å². The molecule has 3 N–H and O–H groups in total. The van der Waals surface area contributed by atoms with Gasteiger partial charge < -0.3 is 11.1 Å². The number of nitrogens with one attached hydrogen (secondary N) is 1. The van der Waals surface area contributed by atoms with Gasteiger partial charge in [-0.05, 0) is 22.9 Å². The molecule has 0 fully saturated rings. The number of nitrogens with zero attached hydrogens (tertiary/aromatic N) is 6. The minimum atomic E-state index is 0.332. The van der Waals surface area contributed by atoms with Crippen molar-refractivity contribution in [2.24, 2.45) is 0 Å². The SMILES string of the molecule is Cc1ncsc1CNc1nc(-n2cncn2)nc(N)c1Br. The number of nitrogen functional groups attached to an aromatic ring is 1. The minimum Gasteiger partial charge on any atom is -0.383 e. The van der Waals surface area contributed by atoms with E-state index in [1.807, 2.05) is 12.4 Å². The molecule has 0 atom stereocenters. The van der Waals surface area contributed by atoms with Crippen molar-refractivity contribution in [3.05, 3.63) is 33.2 Å². The van der Waals surface area contributed by atoms with Crippen molar-refractivity contribution >= 4 is 38.9 Å². The van der Waals surface area contributed by atoms with Crippen molar-refractivity contribution in [1.82, 2.24) is 29.7 Å². The minimum absolute atomic E-state index is 0.332. The van der Waals surface area contributed by atoms with E-state index in [1.54, 1.807) is 11.3 Å². The molecule has 3 aromatic heterocycles. The zero-order valence-electron chi connectivity index (χ0n) is 11.0. The molecule has 21 heavy (non-hydrogen) atoms. The molecule has 0 spiro atoms. The highest BCUT2D eigenvalue weighted by Gasteiger charge is 2.12. The highest BCUT2D eigenvalue weighted by Crippen LogP contribution is 2.27. The first-order valence-electron chi connectivity index (χ1n) is 5.96. The smallest absolute Gasteiger partial charge is 0.256 e. The first kappa shape index (κ1) is 13.9. The van der Waals surface area contributed by atoms with Gasteiger partial charge in [0.2, 0.25) is 0 Å². The molecule has 3 aromatic rings. The van der Waals surface area contributed by atoms with Crippen molar-refractivity contribution in [2.75, 3.05) is 11.1 Å². The average Bonchev–Trinajstić information content (AvgIpc) is 3.12. The molecule has 0 unspecified atom stereocenters. The van der Waals surface area contributed by atoms with Gasteiger partial charge in [-0.15, -0.1) is 11.3 Å². The van der Waals surface area contributed by atoms with Crippen molar-refractivity contribution < 1.29 is 0 Å². The van der Waals surface area contributed by atoms with Gasteiger partial charge in [0.05, 0.1) is 17.7 Å². The molecular weight excluding hydrogens is 356 g/mol. The summed E-state index contributed by atoms with van der Waals surface area (Å²) < 4.78 is 2.07. The van der Waals surface area contributed by atoms with Crippen LogP contribution in [-0.2, 0) is 6.54 Å². The standard InChI is InChI=1S/C11H11BrN8S/c1-6-7(21-5-16-6)2-15-10-8(12)9(13)18-11(19-10)20-4-14-3-17-20/h3-5H,2H2,1H3,(H3,13,15,18,19). The molecule has 10 heteroatoms. The molecule has 0 aliphatic heterocycles. The van der Waals surface area contributed by atoms with E-state index in [-0.39, 0.29) is 0 Å². The number of rotatable bonds is 4. The molecule has 0 radical (unpaired) electrons. The molecule has 0 aliphatic carbocycles. The van der Waals surface area contributed by atoms with Gasteiger partial charge in [0.25, 0.3) is 5.95 Å². The lowest BCUT2D eigenvalue weighted by molar-refractivity contribution is 0.807. The maximum atomic E-state index is 5.90. The molecule has 0 aromatic carbocycles. The Labute approximate surface area is 132 Å². The van der Waals surface area contributed by atoms with E-state index in [4.69, 9.17) is 5.73 Å². The van der Waals surface area contributed by atoms with E-state index in [0.717, 1.165) is 10.6 Å². The molecular formula is C11H11BrN8S. The van der Waals surface area contributed by atoms with Crippen LogP contribution in [0, 0.1) is 6.92 Å². The lowest BCUT2D eigenvalue weighted by Gasteiger charge is -2.10. The Morgan fingerprint density at radius 3 is 2.95 bits per heavy atom. The first-order valence-corrected chi connectivity index (χ1v) is 7.63. The van der Waals surface area contributed by atoms with E-state index in [1.165, 1.54) is 17.3 Å². The summed E-state index contributed by atoms with van der Waals surface area (Å²) in [5, 5.41) is 7.23. The third-order valence-electron chi connectivity index (χ3n) is 2.75. The molecule has 0 bridgehead atoms. The quantitative estimate of drug-likeness (QED) is 0.724. The summed E-state index contributed by atoms with van der Waals surface area (Å²) in [4.78, 5) is 17.8. The van der Waals surface area contributed by atoms with E-state index >= 15 is 0 Å². The van der Waals surface area contributed by atoms with Gasteiger partial charge in [-0.3, -0.25) is 0 Å². The van der Waals surface area contributed by atoms with Crippen molar-refractivity contribution in [3.8, 4) is 5.95 Å². The van der Waals surface area contributed by atoms with Crippen LogP contribution in [0.5, 0.6) is 0 Å². The maximum absolute atomic E-state index is 5.90. The van der Waals surface area contributed by atoms with Gasteiger partial charge in [-0.1, -0.05) is 0 Å². The highest BCUT2D eigenvalue weighted by atomic mass is 79.9. The maximum Gasteiger partial charge on any atom is 0.256 e. The van der Waals surface area contributed by atoms with Gasteiger partial charge in [0, 0.05) is 4.88 Å². The fourth-order valence-electron chi connectivity index (χ4n) is 1.64. The fourth-order valence-corrected chi connectivity index (χ4v) is 2.68. The number of anilines is 2. The Morgan fingerprint density at radius 1 is 1.43 bits per heavy atom. The second-order valence-corrected chi connectivity index (χ2v) is 5.86. The highest BCUT2D eigenvalue weighted by molar-refractivity contribution is 9.10. The zero-order valence-corrected chi connectivity index (χ0v) is 13.4. The van der Waals surface area contributed by atoms with Crippen LogP contribution in [0.4, 0.5) is 11.6 Å². The number of aryl methyl sites for hydroxylation is 1. The molecule has 0 aliphatic rings. The topological polar surface area (TPSA) is 107 Å². The summed E-state index contributed by atoms with van der Waals surface area (Å²) in [6.07, 6.45) is 2.93. The Hall–Kier alpha value is -2.07. The first-order chi connectivity index (χ1) is 10.1. The van der Waals surface area contributed by atoms with Gasteiger partial charge >= 0.3 is 0 Å². The third-order valence-corrected chi connectivity index (χ3v) is 4.47. The predicted molar refractivity (Wildman–Crippen MR) is 83.2 cm³/mol. The van der Waals surface area contributed by atoms with Gasteiger partial charge in [0.15, 0.2) is 0 Å². The van der Waals surface area contributed by atoms with E-state index in [2.05, 4.69) is 46.3 Å². The molecule has 0 saturated heterocycles. The van der Waals surface area contributed by atoms with Gasteiger partial charge in [-0.2, -0.15) is 19.7 Å². The molecule has 108 valence electrons. The Bertz CT molecular complexity index is 754. The van der Waals surface area contributed by atoms with Gasteiger partial charge in [-0.25, -0.2) is 9.97 Å². The summed E-state index contributed by atoms with van der Waals surface area (Å²) in [7, 11) is 0. The lowest BCUT2D eigenvalue weighted by atomic mass is 10.4. The molecule has 0 saturated carbocycles. The van der Waals surface area contributed by atoms with Crippen LogP contribution in [0.3, 0.4) is 0 Å². The molecule has 3 heterocycles. The Kier molecular flexibility index (Phi) is 3.80. The van der Waals surface area contributed by atoms with Crippen LogP contribution >= 0.6 is 27.3 Å². The number of hydrogen-bond acceptors (Lipinski definition) is 8. The van der Waals surface area contributed by atoms with Crippen molar-refractivity contribution in [1.29, 1.82) is 0 Å². The largest absolute Gasteiger partial charge is 0.383 e. The summed E-state index contributed by atoms with van der Waals surface area (Å²) in [6, 6.07) is 0. The van der Waals surface area contributed by atoms with E-state index < -0.39 is 0 Å². The van der Waals surface area contributed by atoms with Crippen LogP contribution in [0.2, 0.25) is 0 Å². The normalized spacial score (nSPS) is 10.8. The number of thiazole rings is 1. The third kappa shape index (κ3) is 2.85. The fraction of sp³-hybridized carbons (Fsp3) is 0.182. The molecule has 3 rings (SSSR count). The summed E-state index contributed by atoms with van der Waals surface area (Å²) in [5.41, 5.74) is 8.72. The number of hydrogen-bond donors (Lipinski definition) is 2. The van der Waals surface area contributed by atoms with Gasteiger partial charge in [0.1, 0.15) is 28.8 Å². The zero-order chi connectivity index (χ0) is 14.8. The average molecular weight is 367 g/mol. The van der Waals surface area contributed by atoms with Crippen molar-refractivity contribution in [3.63, 3.8) is 0 Å². The van der Waals surface area contributed by atoms with Crippen LogP contribution in [-0.4, -0.2) is 29.7 Å². The Balaban J connectivity index is 1.89. The summed E-state index contributed by atoms with van der Waals surface area (Å²) in [6.45, 7) is 2.58. The van der Waals surface area contributed by atoms with E-state index in [0.29, 0.717) is 28.6 Å². The van der Waals surface area contributed by atoms with E-state index in [9.17, 15) is 0 Å². The molecule has 0 amide bonds. The number of nitrogens with two attached hydrogens (primary N) is 1.